The predicted molar refractivity (Wildman–Crippen MR) is 135 cm³/mol. The topological polar surface area (TPSA) is 59.6 Å². The molecule has 0 spiro atoms. The molecule has 3 rings (SSSR count). The second-order valence-electron chi connectivity index (χ2n) is 7.96. The van der Waals surface area contributed by atoms with Crippen molar-refractivity contribution in [3.63, 3.8) is 0 Å². The second-order valence-corrected chi connectivity index (χ2v) is 7.96. The van der Waals surface area contributed by atoms with Crippen LogP contribution in [0, 0.1) is 0 Å². The van der Waals surface area contributed by atoms with Crippen LogP contribution >= 0.6 is 0 Å². The van der Waals surface area contributed by atoms with Crippen LogP contribution in [0.2, 0.25) is 0 Å². The number of carbonyl (C=O) groups excluding carboxylic acids is 1. The van der Waals surface area contributed by atoms with E-state index in [1.807, 2.05) is 78.9 Å². The van der Waals surface area contributed by atoms with E-state index in [9.17, 15) is 4.79 Å². The molecule has 0 aromatic heterocycles. The highest BCUT2D eigenvalue weighted by Crippen LogP contribution is 2.25. The Bertz CT molecular complexity index is 976. The van der Waals surface area contributed by atoms with Crippen LogP contribution in [0.3, 0.4) is 0 Å². The zero-order chi connectivity index (χ0) is 23.1. The van der Waals surface area contributed by atoms with Crippen LogP contribution in [-0.4, -0.2) is 19.1 Å². The monoisotopic (exact) mass is 446 g/mol. The Morgan fingerprint density at radius 2 is 1.61 bits per heavy atom. The number of anilines is 2. The molecule has 2 N–H and O–H groups in total. The number of amides is 1. The smallest absolute Gasteiger partial charge is 0.243 e. The van der Waals surface area contributed by atoms with Gasteiger partial charge in [-0.1, -0.05) is 81.1 Å². The van der Waals surface area contributed by atoms with Crippen molar-refractivity contribution < 1.29 is 14.3 Å². The molecule has 3 aromatic carbocycles. The summed E-state index contributed by atoms with van der Waals surface area (Å²) < 4.78 is 11.8. The van der Waals surface area contributed by atoms with Gasteiger partial charge in [0.2, 0.25) is 5.91 Å². The Labute approximate surface area is 197 Å². The van der Waals surface area contributed by atoms with Crippen LogP contribution in [0.5, 0.6) is 11.5 Å². The van der Waals surface area contributed by atoms with E-state index in [4.69, 9.17) is 9.47 Å². The van der Waals surface area contributed by atoms with E-state index in [1.54, 1.807) is 0 Å². The highest BCUT2D eigenvalue weighted by molar-refractivity contribution is 5.95. The van der Waals surface area contributed by atoms with Crippen molar-refractivity contribution in [3.05, 3.63) is 84.4 Å². The van der Waals surface area contributed by atoms with E-state index in [1.165, 1.54) is 25.7 Å². The van der Waals surface area contributed by atoms with Gasteiger partial charge >= 0.3 is 0 Å². The molecule has 0 saturated heterocycles. The number of benzene rings is 3. The predicted octanol–water partition coefficient (Wildman–Crippen LogP) is 6.67. The fraction of sp³-hybridized carbons (Fsp3) is 0.321. The largest absolute Gasteiger partial charge is 0.494 e. The molecule has 0 bridgehead atoms. The molecule has 0 heterocycles. The van der Waals surface area contributed by atoms with Gasteiger partial charge in [-0.05, 0) is 36.2 Å². The lowest BCUT2D eigenvalue weighted by Gasteiger charge is -2.13. The van der Waals surface area contributed by atoms with Gasteiger partial charge in [-0.2, -0.15) is 0 Å². The Hall–Kier alpha value is -3.47. The maximum atomic E-state index is 12.5. The van der Waals surface area contributed by atoms with E-state index >= 15 is 0 Å². The summed E-state index contributed by atoms with van der Waals surface area (Å²) in [5, 5.41) is 6.10. The molecule has 0 unspecified atom stereocenters. The van der Waals surface area contributed by atoms with Crippen LogP contribution < -0.4 is 20.1 Å². The lowest BCUT2D eigenvalue weighted by atomic mass is 10.2. The first-order chi connectivity index (χ1) is 16.2. The number of ether oxygens (including phenoxy) is 2. The summed E-state index contributed by atoms with van der Waals surface area (Å²) >= 11 is 0. The zero-order valence-electron chi connectivity index (χ0n) is 19.4. The maximum Gasteiger partial charge on any atom is 0.243 e. The lowest BCUT2D eigenvalue weighted by molar-refractivity contribution is -0.114. The van der Waals surface area contributed by atoms with Crippen molar-refractivity contribution >= 4 is 17.3 Å². The number of hydrogen-bond acceptors (Lipinski definition) is 4. The highest BCUT2D eigenvalue weighted by atomic mass is 16.5. The second kappa shape index (κ2) is 13.8. The third-order valence-electron chi connectivity index (χ3n) is 5.20. The first kappa shape index (κ1) is 24.2. The van der Waals surface area contributed by atoms with E-state index in [0.29, 0.717) is 24.7 Å². The van der Waals surface area contributed by atoms with Crippen molar-refractivity contribution in [1.29, 1.82) is 0 Å². The number of para-hydroxylation sites is 2. The average Bonchev–Trinajstić information content (AvgIpc) is 2.85. The van der Waals surface area contributed by atoms with Gasteiger partial charge in [-0.25, -0.2) is 0 Å². The van der Waals surface area contributed by atoms with Crippen molar-refractivity contribution in [2.24, 2.45) is 0 Å². The highest BCUT2D eigenvalue weighted by Gasteiger charge is 2.08. The molecule has 5 nitrogen and oxygen atoms in total. The molecule has 0 fully saturated rings. The van der Waals surface area contributed by atoms with E-state index in [2.05, 4.69) is 17.6 Å². The van der Waals surface area contributed by atoms with Gasteiger partial charge in [0.15, 0.2) is 0 Å². The molecule has 174 valence electrons. The Kier molecular flexibility index (Phi) is 10.1. The van der Waals surface area contributed by atoms with E-state index in [0.717, 1.165) is 23.4 Å². The summed E-state index contributed by atoms with van der Waals surface area (Å²) in [5.41, 5.74) is 2.57. The fourth-order valence-electron chi connectivity index (χ4n) is 3.40. The number of hydrogen-bond donors (Lipinski definition) is 2. The first-order valence-corrected chi connectivity index (χ1v) is 11.8. The van der Waals surface area contributed by atoms with E-state index in [-0.39, 0.29) is 12.5 Å². The summed E-state index contributed by atoms with van der Waals surface area (Å²) in [6.45, 7) is 3.52. The molecular formula is C28H34N2O3. The van der Waals surface area contributed by atoms with Gasteiger partial charge in [0.05, 0.1) is 18.8 Å². The third kappa shape index (κ3) is 8.89. The lowest BCUT2D eigenvalue weighted by Crippen LogP contribution is -2.22. The summed E-state index contributed by atoms with van der Waals surface area (Å²) in [7, 11) is 0. The van der Waals surface area contributed by atoms with Crippen molar-refractivity contribution in [1.82, 2.24) is 0 Å². The maximum absolute atomic E-state index is 12.5. The molecule has 33 heavy (non-hydrogen) atoms. The molecule has 0 saturated carbocycles. The average molecular weight is 447 g/mol. The van der Waals surface area contributed by atoms with Gasteiger partial charge in [0.25, 0.3) is 0 Å². The van der Waals surface area contributed by atoms with Gasteiger partial charge in [0.1, 0.15) is 18.1 Å². The number of unbranched alkanes of at least 4 members (excludes halogenated alkanes) is 4. The molecule has 0 aliphatic carbocycles. The number of rotatable bonds is 14. The van der Waals surface area contributed by atoms with E-state index < -0.39 is 0 Å². The number of nitrogens with one attached hydrogen (secondary N) is 2. The minimum Gasteiger partial charge on any atom is -0.494 e. The summed E-state index contributed by atoms with van der Waals surface area (Å²) in [6.07, 6.45) is 6.05. The van der Waals surface area contributed by atoms with Gasteiger partial charge in [0, 0.05) is 11.8 Å². The fourth-order valence-corrected chi connectivity index (χ4v) is 3.40. The van der Waals surface area contributed by atoms with Crippen LogP contribution in [0.25, 0.3) is 0 Å². The molecule has 5 heteroatoms. The van der Waals surface area contributed by atoms with Gasteiger partial charge in [-0.3, -0.25) is 4.79 Å². The van der Waals surface area contributed by atoms with Crippen LogP contribution in [0.1, 0.15) is 44.6 Å². The summed E-state index contributed by atoms with van der Waals surface area (Å²) in [5.74, 6) is 1.31. The van der Waals surface area contributed by atoms with Crippen molar-refractivity contribution in [2.45, 2.75) is 45.6 Å². The normalized spacial score (nSPS) is 10.5. The quantitative estimate of drug-likeness (QED) is 0.272. The minimum absolute atomic E-state index is 0.145. The number of carbonyl (C=O) groups is 1. The summed E-state index contributed by atoms with van der Waals surface area (Å²) in [6, 6.07) is 25.1. The van der Waals surface area contributed by atoms with Crippen LogP contribution in [0.15, 0.2) is 78.9 Å². The Morgan fingerprint density at radius 3 is 2.45 bits per heavy atom. The third-order valence-corrected chi connectivity index (χ3v) is 5.20. The van der Waals surface area contributed by atoms with Crippen molar-refractivity contribution in [3.8, 4) is 11.5 Å². The SMILES string of the molecule is CCCCCCCOc1cccc(NCC(=O)Nc2ccccc2OCc2ccccc2)c1. The minimum atomic E-state index is -0.145. The Morgan fingerprint density at radius 1 is 0.818 bits per heavy atom. The van der Waals surface area contributed by atoms with Crippen LogP contribution in [0.4, 0.5) is 11.4 Å². The van der Waals surface area contributed by atoms with Crippen molar-refractivity contribution in [2.75, 3.05) is 23.8 Å². The molecule has 0 radical (unpaired) electrons. The molecule has 0 aliphatic heterocycles. The molecule has 0 aliphatic rings. The molecular weight excluding hydrogens is 412 g/mol. The molecule has 0 atom stereocenters. The summed E-state index contributed by atoms with van der Waals surface area (Å²) in [4.78, 5) is 12.5. The van der Waals surface area contributed by atoms with Gasteiger partial charge < -0.3 is 20.1 Å². The van der Waals surface area contributed by atoms with Gasteiger partial charge in [-0.15, -0.1) is 0 Å². The standard InChI is InChI=1S/C28H34N2O3/c1-2-3-4-5-11-19-32-25-16-12-15-24(20-25)29-21-28(31)30-26-17-9-10-18-27(26)33-22-23-13-7-6-8-14-23/h6-10,12-18,20,29H,2-5,11,19,21-22H2,1H3,(H,30,31). The Balaban J connectivity index is 1.45. The molecule has 3 aromatic rings. The van der Waals surface area contributed by atoms with Crippen LogP contribution in [-0.2, 0) is 11.4 Å². The molecule has 1 amide bonds. The zero-order valence-corrected chi connectivity index (χ0v) is 19.4. The first-order valence-electron chi connectivity index (χ1n) is 11.8.